The summed E-state index contributed by atoms with van der Waals surface area (Å²) in [4.78, 5) is 11.8. The van der Waals surface area contributed by atoms with E-state index in [9.17, 15) is 13.6 Å². The molecule has 2 atom stereocenters. The molecule has 11 heteroatoms. The normalized spacial score (nSPS) is 13.6. The standard InChI is InChI=1S/C18H23N5O5S/c1-5-27-18(24)12-6-8-13(9-7-12)28-15-14(10(2)3)21-23-16(19-20-17(15)23)11(4)22-29(25)26/h6-11,21-22H,5H2,1-4H3,(H,25,26)/p-1. The van der Waals surface area contributed by atoms with E-state index in [-0.39, 0.29) is 5.92 Å². The summed E-state index contributed by atoms with van der Waals surface area (Å²) in [6.45, 7) is 7.69. The number of fused-ring (bicyclic) bond motifs is 1. The molecule has 0 amide bonds. The van der Waals surface area contributed by atoms with E-state index in [1.54, 1.807) is 42.6 Å². The summed E-state index contributed by atoms with van der Waals surface area (Å²) >= 11 is -2.43. The summed E-state index contributed by atoms with van der Waals surface area (Å²) < 4.78 is 36.9. The van der Waals surface area contributed by atoms with Crippen LogP contribution in [-0.2, 0) is 16.0 Å². The number of ether oxygens (including phenoxy) is 2. The van der Waals surface area contributed by atoms with Crippen molar-refractivity contribution in [3.63, 3.8) is 0 Å². The lowest BCUT2D eigenvalue weighted by Gasteiger charge is -2.13. The number of esters is 1. The third-order valence-electron chi connectivity index (χ3n) is 4.19. The Balaban J connectivity index is 1.94. The highest BCUT2D eigenvalue weighted by Gasteiger charge is 2.23. The number of hydrogen-bond acceptors (Lipinski definition) is 7. The van der Waals surface area contributed by atoms with E-state index in [2.05, 4.69) is 20.0 Å². The number of benzene rings is 1. The van der Waals surface area contributed by atoms with Crippen LogP contribution in [0.1, 0.15) is 61.5 Å². The van der Waals surface area contributed by atoms with E-state index in [0.717, 1.165) is 5.69 Å². The molecular weight excluding hydrogens is 398 g/mol. The second-order valence-corrected chi connectivity index (χ2v) is 7.35. The molecule has 10 nitrogen and oxygen atoms in total. The predicted molar refractivity (Wildman–Crippen MR) is 104 cm³/mol. The Morgan fingerprint density at radius 3 is 2.55 bits per heavy atom. The summed E-state index contributed by atoms with van der Waals surface area (Å²) in [5.74, 6) is 1.08. The highest BCUT2D eigenvalue weighted by molar-refractivity contribution is 7.77. The summed E-state index contributed by atoms with van der Waals surface area (Å²) in [7, 11) is 0. The average Bonchev–Trinajstić information content (AvgIpc) is 3.22. The predicted octanol–water partition coefficient (Wildman–Crippen LogP) is 2.59. The summed E-state index contributed by atoms with van der Waals surface area (Å²) in [5.41, 5.74) is 1.64. The zero-order valence-corrected chi connectivity index (χ0v) is 17.3. The first-order chi connectivity index (χ1) is 13.8. The number of nitrogens with one attached hydrogen (secondary N) is 2. The largest absolute Gasteiger partial charge is 0.760 e. The van der Waals surface area contributed by atoms with Gasteiger partial charge < -0.3 is 14.0 Å². The molecule has 0 saturated heterocycles. The minimum atomic E-state index is -2.43. The molecule has 0 bridgehead atoms. The van der Waals surface area contributed by atoms with Crippen LogP contribution in [0.2, 0.25) is 0 Å². The fourth-order valence-electron chi connectivity index (χ4n) is 2.81. The zero-order valence-electron chi connectivity index (χ0n) is 16.5. The van der Waals surface area contributed by atoms with Crippen molar-refractivity contribution in [3.05, 3.63) is 41.3 Å². The number of carbonyl (C=O) groups excluding carboxylic acids is 1. The maximum Gasteiger partial charge on any atom is 0.338 e. The van der Waals surface area contributed by atoms with Crippen LogP contribution in [0.25, 0.3) is 5.65 Å². The fraction of sp³-hybridized carbons (Fsp3) is 0.389. The van der Waals surface area contributed by atoms with E-state index >= 15 is 0 Å². The van der Waals surface area contributed by atoms with E-state index in [1.807, 2.05) is 13.8 Å². The van der Waals surface area contributed by atoms with Crippen LogP contribution >= 0.6 is 0 Å². The minimum absolute atomic E-state index is 0.0789. The lowest BCUT2D eigenvalue weighted by Crippen LogP contribution is -2.22. The number of aromatic nitrogens is 4. The molecule has 2 unspecified atom stereocenters. The number of rotatable bonds is 8. The Morgan fingerprint density at radius 2 is 1.97 bits per heavy atom. The highest BCUT2D eigenvalue weighted by Crippen LogP contribution is 2.34. The molecule has 0 radical (unpaired) electrons. The molecular formula is C18H22N5O5S-. The van der Waals surface area contributed by atoms with Crippen molar-refractivity contribution < 1.29 is 23.0 Å². The first kappa shape index (κ1) is 21.0. The molecule has 0 aliphatic rings. The Hall–Kier alpha value is -2.76. The Bertz CT molecular complexity index is 1030. The SMILES string of the molecule is CCOC(=O)c1ccc(Oc2c(C(C)C)[nH]n3c(C(C)NS(=O)[O-])nnc23)cc1. The maximum absolute atomic E-state index is 11.8. The molecule has 0 aliphatic heterocycles. The molecule has 2 heterocycles. The summed E-state index contributed by atoms with van der Waals surface area (Å²) in [6.07, 6.45) is 0. The van der Waals surface area contributed by atoms with Gasteiger partial charge in [-0.25, -0.2) is 14.0 Å². The van der Waals surface area contributed by atoms with E-state index < -0.39 is 23.3 Å². The van der Waals surface area contributed by atoms with Crippen molar-refractivity contribution in [2.75, 3.05) is 6.61 Å². The molecule has 0 aliphatic carbocycles. The van der Waals surface area contributed by atoms with Crippen molar-refractivity contribution in [2.45, 2.75) is 39.7 Å². The average molecular weight is 420 g/mol. The van der Waals surface area contributed by atoms with Gasteiger partial charge in [0.15, 0.2) is 11.6 Å². The van der Waals surface area contributed by atoms with Gasteiger partial charge in [0.25, 0.3) is 0 Å². The number of aromatic amines is 1. The van der Waals surface area contributed by atoms with Gasteiger partial charge in [0.2, 0.25) is 5.65 Å². The van der Waals surface area contributed by atoms with E-state index in [0.29, 0.717) is 35.1 Å². The molecule has 3 rings (SSSR count). The van der Waals surface area contributed by atoms with Gasteiger partial charge in [-0.1, -0.05) is 13.8 Å². The second-order valence-electron chi connectivity index (χ2n) is 6.65. The summed E-state index contributed by atoms with van der Waals surface area (Å²) in [6, 6.07) is 6.00. The number of hydrogen-bond donors (Lipinski definition) is 2. The van der Waals surface area contributed by atoms with Gasteiger partial charge in [-0.05, 0) is 44.0 Å². The molecule has 1 aromatic carbocycles. The lowest BCUT2D eigenvalue weighted by atomic mass is 10.1. The van der Waals surface area contributed by atoms with Gasteiger partial charge in [-0.2, -0.15) is 0 Å². The zero-order chi connectivity index (χ0) is 21.1. The van der Waals surface area contributed by atoms with Crippen LogP contribution in [0.3, 0.4) is 0 Å². The molecule has 29 heavy (non-hydrogen) atoms. The number of H-pyrrole nitrogens is 1. The van der Waals surface area contributed by atoms with Crippen molar-refractivity contribution in [1.29, 1.82) is 0 Å². The molecule has 0 fully saturated rings. The second kappa shape index (κ2) is 8.72. The molecule has 0 saturated carbocycles. The molecule has 0 spiro atoms. The van der Waals surface area contributed by atoms with Crippen LogP contribution in [-0.4, -0.2) is 41.1 Å². The molecule has 156 valence electrons. The number of nitrogens with zero attached hydrogens (tertiary/aromatic N) is 3. The maximum atomic E-state index is 11.8. The fourth-order valence-corrected chi connectivity index (χ4v) is 3.20. The number of carbonyl (C=O) groups is 1. The first-order valence-electron chi connectivity index (χ1n) is 9.09. The molecule has 2 N–H and O–H groups in total. The Morgan fingerprint density at radius 1 is 1.28 bits per heavy atom. The molecule has 2 aromatic heterocycles. The topological polar surface area (TPSA) is 134 Å². The third kappa shape index (κ3) is 4.47. The van der Waals surface area contributed by atoms with Crippen LogP contribution in [0.5, 0.6) is 11.5 Å². The van der Waals surface area contributed by atoms with Crippen molar-refractivity contribution in [3.8, 4) is 11.5 Å². The quantitative estimate of drug-likeness (QED) is 0.422. The first-order valence-corrected chi connectivity index (χ1v) is 10.2. The van der Waals surface area contributed by atoms with E-state index in [4.69, 9.17) is 9.47 Å². The van der Waals surface area contributed by atoms with Crippen LogP contribution < -0.4 is 9.46 Å². The lowest BCUT2D eigenvalue weighted by molar-refractivity contribution is 0.0526. The van der Waals surface area contributed by atoms with Crippen molar-refractivity contribution in [1.82, 2.24) is 24.5 Å². The van der Waals surface area contributed by atoms with Crippen LogP contribution in [0.4, 0.5) is 0 Å². The van der Waals surface area contributed by atoms with Crippen LogP contribution in [0.15, 0.2) is 24.3 Å². The monoisotopic (exact) mass is 420 g/mol. The smallest absolute Gasteiger partial charge is 0.338 e. The highest BCUT2D eigenvalue weighted by atomic mass is 32.2. The van der Waals surface area contributed by atoms with Gasteiger partial charge in [0.05, 0.1) is 23.9 Å². The van der Waals surface area contributed by atoms with Gasteiger partial charge in [0.1, 0.15) is 5.75 Å². The van der Waals surface area contributed by atoms with Gasteiger partial charge in [-0.3, -0.25) is 9.31 Å². The third-order valence-corrected chi connectivity index (χ3v) is 4.74. The minimum Gasteiger partial charge on any atom is -0.760 e. The Labute approximate surface area is 170 Å². The van der Waals surface area contributed by atoms with Crippen molar-refractivity contribution >= 4 is 22.9 Å². The summed E-state index contributed by atoms with van der Waals surface area (Å²) in [5, 5.41) is 11.4. The van der Waals surface area contributed by atoms with E-state index in [1.165, 1.54) is 0 Å². The Kier molecular flexibility index (Phi) is 6.30. The van der Waals surface area contributed by atoms with Crippen molar-refractivity contribution in [2.24, 2.45) is 0 Å². The molecule has 3 aromatic rings. The van der Waals surface area contributed by atoms with Crippen LogP contribution in [0, 0.1) is 0 Å². The van der Waals surface area contributed by atoms with Gasteiger partial charge >= 0.3 is 5.97 Å². The van der Waals surface area contributed by atoms with Gasteiger partial charge in [0, 0.05) is 11.3 Å². The van der Waals surface area contributed by atoms with Gasteiger partial charge in [-0.15, -0.1) is 10.2 Å².